The first-order chi connectivity index (χ1) is 22.4. The number of aromatic amines is 2. The van der Waals surface area contributed by atoms with Crippen LogP contribution in [0.5, 0.6) is 0 Å². The van der Waals surface area contributed by atoms with E-state index in [1.165, 1.54) is 12.4 Å². The minimum atomic E-state index is -2.32. The number of hydrogen-bond donors (Lipinski definition) is 4. The molecular weight excluding hydrogens is 620 g/mol. The number of aromatic nitrogens is 4. The zero-order valence-electron chi connectivity index (χ0n) is 27.7. The van der Waals surface area contributed by atoms with E-state index in [0.717, 1.165) is 11.1 Å². The number of imidazole rings is 2. The molecule has 2 aromatic heterocycles. The molecular formula is C34H40N6O8. The van der Waals surface area contributed by atoms with Gasteiger partial charge in [0.25, 0.3) is 0 Å². The molecule has 2 aromatic carbocycles. The summed E-state index contributed by atoms with van der Waals surface area (Å²) < 4.78 is 21.7. The molecule has 0 aliphatic rings. The van der Waals surface area contributed by atoms with Crippen LogP contribution in [-0.4, -0.2) is 55.0 Å². The molecule has 14 heteroatoms. The Hall–Kier alpha value is -5.34. The van der Waals surface area contributed by atoms with Crippen LogP contribution in [0.4, 0.5) is 0 Å². The van der Waals surface area contributed by atoms with E-state index >= 15 is 0 Å². The van der Waals surface area contributed by atoms with Crippen molar-refractivity contribution >= 4 is 23.9 Å². The lowest BCUT2D eigenvalue weighted by Crippen LogP contribution is -2.50. The zero-order valence-corrected chi connectivity index (χ0v) is 27.7. The highest BCUT2D eigenvalue weighted by Gasteiger charge is 2.45. The van der Waals surface area contributed by atoms with Gasteiger partial charge in [-0.25, -0.2) is 19.6 Å². The molecule has 0 aliphatic carbocycles. The van der Waals surface area contributed by atoms with Crippen LogP contribution in [0.15, 0.2) is 73.1 Å². The van der Waals surface area contributed by atoms with Crippen molar-refractivity contribution in [2.45, 2.75) is 77.0 Å². The second-order valence-electron chi connectivity index (χ2n) is 13.1. The van der Waals surface area contributed by atoms with E-state index in [1.54, 1.807) is 90.1 Å². The topological polar surface area (TPSA) is 215 Å². The zero-order chi connectivity index (χ0) is 35.3. The molecule has 4 aromatic rings. The van der Waals surface area contributed by atoms with Crippen molar-refractivity contribution in [1.29, 1.82) is 0 Å². The molecule has 0 saturated heterocycles. The molecule has 0 unspecified atom stereocenters. The Balaban J connectivity index is 1.63. The fourth-order valence-corrected chi connectivity index (χ4v) is 4.54. The predicted octanol–water partition coefficient (Wildman–Crippen LogP) is 3.94. The molecule has 14 nitrogen and oxygen atoms in total. The van der Waals surface area contributed by atoms with Crippen LogP contribution < -0.4 is 11.5 Å². The van der Waals surface area contributed by atoms with Gasteiger partial charge in [-0.2, -0.15) is 0 Å². The molecule has 0 amide bonds. The summed E-state index contributed by atoms with van der Waals surface area (Å²) in [4.78, 5) is 66.9. The molecule has 254 valence electrons. The lowest BCUT2D eigenvalue weighted by atomic mass is 10.1. The molecule has 2 atom stereocenters. The van der Waals surface area contributed by atoms with E-state index in [-0.39, 0.29) is 11.6 Å². The number of nitrogens with two attached hydrogens (primary N) is 2. The number of carbonyl (C=O) groups excluding carboxylic acids is 4. The first-order valence-electron chi connectivity index (χ1n) is 15.1. The van der Waals surface area contributed by atoms with Crippen molar-refractivity contribution in [3.63, 3.8) is 0 Å². The van der Waals surface area contributed by atoms with E-state index in [9.17, 15) is 19.2 Å². The molecule has 0 saturated carbocycles. The average molecular weight is 661 g/mol. The quantitative estimate of drug-likeness (QED) is 0.0824. The number of benzene rings is 2. The summed E-state index contributed by atoms with van der Waals surface area (Å²) >= 11 is 0. The minimum absolute atomic E-state index is 0.153. The van der Waals surface area contributed by atoms with Crippen LogP contribution in [0.25, 0.3) is 22.5 Å². The van der Waals surface area contributed by atoms with Crippen LogP contribution in [-0.2, 0) is 49.6 Å². The van der Waals surface area contributed by atoms with Crippen molar-refractivity contribution in [2.24, 2.45) is 11.5 Å². The number of nitrogens with zero attached hydrogens (tertiary/aromatic N) is 2. The lowest BCUT2D eigenvalue weighted by Gasteiger charge is -2.30. The van der Waals surface area contributed by atoms with Crippen LogP contribution in [0.2, 0.25) is 0 Å². The minimum Gasteiger partial charge on any atom is -0.460 e. The number of nitrogens with one attached hydrogen (secondary N) is 2. The summed E-state index contributed by atoms with van der Waals surface area (Å²) in [5, 5.41) is 0. The Labute approximate surface area is 277 Å². The maximum Gasteiger partial charge on any atom is 0.419 e. The van der Waals surface area contributed by atoms with Gasteiger partial charge in [0.1, 0.15) is 24.0 Å². The fourth-order valence-electron chi connectivity index (χ4n) is 4.54. The van der Waals surface area contributed by atoms with Crippen LogP contribution in [0.1, 0.15) is 66.0 Å². The normalized spacial score (nSPS) is 14.2. The van der Waals surface area contributed by atoms with Gasteiger partial charge < -0.3 is 28.9 Å². The highest BCUT2D eigenvalue weighted by molar-refractivity contribution is 6.30. The Morgan fingerprint density at radius 2 is 0.917 bits per heavy atom. The molecule has 0 fully saturated rings. The van der Waals surface area contributed by atoms with Gasteiger partial charge in [0.2, 0.25) is 11.4 Å². The van der Waals surface area contributed by atoms with Crippen molar-refractivity contribution in [1.82, 2.24) is 19.9 Å². The number of hydrogen-bond acceptors (Lipinski definition) is 12. The summed E-state index contributed by atoms with van der Waals surface area (Å²) in [5.74, 6) is -5.25. The summed E-state index contributed by atoms with van der Waals surface area (Å²) in [6.07, 6.45) is 1.41. The van der Waals surface area contributed by atoms with Gasteiger partial charge in [0.15, 0.2) is 11.6 Å². The Morgan fingerprint density at radius 1 is 0.583 bits per heavy atom. The van der Waals surface area contributed by atoms with Gasteiger partial charge in [-0.05, 0) is 52.7 Å². The van der Waals surface area contributed by atoms with E-state index in [4.69, 9.17) is 30.4 Å². The molecule has 0 bridgehead atoms. The van der Waals surface area contributed by atoms with Gasteiger partial charge in [0.05, 0.1) is 23.8 Å². The third-order valence-electron chi connectivity index (χ3n) is 6.49. The van der Waals surface area contributed by atoms with Crippen LogP contribution in [0, 0.1) is 0 Å². The maximum absolute atomic E-state index is 13.4. The SMILES string of the molecule is CC(C)(C)OC(=O)C[C@](N)(OC(=O)C(=O)O[C@@](N)(CC(=O)OC(C)(C)C)c1ncc(-c2ccccc2)[nH]1)c1ncc(-c2ccccc2)[nH]1. The van der Waals surface area contributed by atoms with Crippen molar-refractivity contribution in [3.8, 4) is 22.5 Å². The molecule has 0 spiro atoms. The first-order valence-corrected chi connectivity index (χ1v) is 15.1. The van der Waals surface area contributed by atoms with E-state index in [2.05, 4.69) is 19.9 Å². The Bertz CT molecular complexity index is 1630. The largest absolute Gasteiger partial charge is 0.460 e. The van der Waals surface area contributed by atoms with Crippen molar-refractivity contribution in [2.75, 3.05) is 0 Å². The highest BCUT2D eigenvalue weighted by atomic mass is 16.6. The molecule has 0 radical (unpaired) electrons. The Morgan fingerprint density at radius 3 is 1.23 bits per heavy atom. The second-order valence-corrected chi connectivity index (χ2v) is 13.1. The average Bonchev–Trinajstić information content (AvgIpc) is 3.68. The number of ether oxygens (including phenoxy) is 4. The molecule has 4 rings (SSSR count). The smallest absolute Gasteiger partial charge is 0.419 e. The summed E-state index contributed by atoms with van der Waals surface area (Å²) in [6, 6.07) is 18.1. The maximum atomic E-state index is 13.4. The van der Waals surface area contributed by atoms with Gasteiger partial charge in [-0.15, -0.1) is 0 Å². The molecule has 48 heavy (non-hydrogen) atoms. The van der Waals surface area contributed by atoms with Gasteiger partial charge in [-0.1, -0.05) is 60.7 Å². The monoisotopic (exact) mass is 660 g/mol. The van der Waals surface area contributed by atoms with Gasteiger partial charge in [0, 0.05) is 0 Å². The van der Waals surface area contributed by atoms with E-state index in [1.807, 2.05) is 12.1 Å². The number of rotatable bonds is 10. The van der Waals surface area contributed by atoms with Gasteiger partial charge >= 0.3 is 23.9 Å². The number of esters is 4. The first kappa shape index (κ1) is 35.5. The van der Waals surface area contributed by atoms with E-state index in [0.29, 0.717) is 11.4 Å². The lowest BCUT2D eigenvalue weighted by molar-refractivity contribution is -0.194. The van der Waals surface area contributed by atoms with Gasteiger partial charge in [-0.3, -0.25) is 21.1 Å². The number of H-pyrrole nitrogens is 2. The van der Waals surface area contributed by atoms with Crippen LogP contribution >= 0.6 is 0 Å². The molecule has 6 N–H and O–H groups in total. The second kappa shape index (κ2) is 13.8. The predicted molar refractivity (Wildman–Crippen MR) is 173 cm³/mol. The Kier molecular flexibility index (Phi) is 10.2. The number of carbonyl (C=O) groups is 4. The fraction of sp³-hybridized carbons (Fsp3) is 0.353. The van der Waals surface area contributed by atoms with Crippen molar-refractivity contribution in [3.05, 3.63) is 84.7 Å². The third-order valence-corrected chi connectivity index (χ3v) is 6.49. The summed E-state index contributed by atoms with van der Waals surface area (Å²) in [6.45, 7) is 9.89. The highest BCUT2D eigenvalue weighted by Crippen LogP contribution is 2.30. The third kappa shape index (κ3) is 9.36. The van der Waals surface area contributed by atoms with Crippen molar-refractivity contribution < 1.29 is 38.1 Å². The molecule has 2 heterocycles. The molecule has 0 aliphatic heterocycles. The summed E-state index contributed by atoms with van der Waals surface area (Å²) in [5.41, 5.74) is 8.98. The summed E-state index contributed by atoms with van der Waals surface area (Å²) in [7, 11) is 0. The van der Waals surface area contributed by atoms with E-state index < -0.39 is 59.4 Å². The van der Waals surface area contributed by atoms with Crippen LogP contribution in [0.3, 0.4) is 0 Å². The standard InChI is InChI=1S/C34H40N6O8/c1-31(2,3)45-25(41)17-33(35,29-37-19-23(39-29)21-13-9-7-10-14-21)47-27(43)28(44)48-34(36,18-26(42)46-32(4,5)6)30-38-20-24(40-30)22-15-11-8-12-16-22/h7-16,19-20H,17-18,35-36H2,1-6H3,(H,37,39)(H,38,40)/t33-,34-/m0/s1.